The number of aryl methyl sites for hydroxylation is 1. The fraction of sp³-hybridized carbons (Fsp3) is 0.320. The zero-order chi connectivity index (χ0) is 23.1. The Hall–Kier alpha value is -3.16. The summed E-state index contributed by atoms with van der Waals surface area (Å²) in [4.78, 5) is 26.4. The molecule has 2 aromatic carbocycles. The zero-order valence-electron chi connectivity index (χ0n) is 18.3. The number of hydrogen-bond donors (Lipinski definition) is 2. The van der Waals surface area contributed by atoms with E-state index in [1.165, 1.54) is 0 Å². The van der Waals surface area contributed by atoms with Gasteiger partial charge in [-0.05, 0) is 50.3 Å². The van der Waals surface area contributed by atoms with Crippen LogP contribution in [0, 0.1) is 6.92 Å². The van der Waals surface area contributed by atoms with Gasteiger partial charge in [-0.1, -0.05) is 53.2 Å². The first-order valence-corrected chi connectivity index (χ1v) is 11.5. The van der Waals surface area contributed by atoms with E-state index in [2.05, 4.69) is 10.5 Å². The van der Waals surface area contributed by atoms with E-state index >= 15 is 0 Å². The number of aromatic nitrogens is 2. The van der Waals surface area contributed by atoms with Crippen LogP contribution in [-0.2, 0) is 4.79 Å². The molecule has 3 unspecified atom stereocenters. The first-order valence-electron chi connectivity index (χ1n) is 11.2. The maximum atomic E-state index is 13.6. The molecule has 8 heteroatoms. The van der Waals surface area contributed by atoms with E-state index < -0.39 is 6.04 Å². The molecule has 0 radical (unpaired) electrons. The minimum Gasteiger partial charge on any atom is -0.360 e. The second kappa shape index (κ2) is 8.65. The Balaban J connectivity index is 1.48. The summed E-state index contributed by atoms with van der Waals surface area (Å²) in [6, 6.07) is 13.9. The quantitative estimate of drug-likeness (QED) is 0.465. The van der Waals surface area contributed by atoms with Crippen LogP contribution in [0.15, 0.2) is 57.8 Å². The summed E-state index contributed by atoms with van der Waals surface area (Å²) in [6.07, 6.45) is 3.18. The molecule has 3 N–H and O–H groups in total. The molecular formula is C25H25ClN4O3. The van der Waals surface area contributed by atoms with Gasteiger partial charge >= 0.3 is 0 Å². The van der Waals surface area contributed by atoms with Crippen LogP contribution in [0.3, 0.4) is 0 Å². The molecule has 0 saturated heterocycles. The fourth-order valence-electron chi connectivity index (χ4n) is 4.97. The first-order chi connectivity index (χ1) is 16.0. The van der Waals surface area contributed by atoms with Crippen LogP contribution in [0.5, 0.6) is 0 Å². The minimum absolute atomic E-state index is 0.0774. The molecule has 5 rings (SSSR count). The molecule has 1 amide bonds. The summed E-state index contributed by atoms with van der Waals surface area (Å²) in [6.45, 7) is 1.73. The number of carbonyl (C=O) groups excluding carboxylic acids is 1. The van der Waals surface area contributed by atoms with Crippen molar-refractivity contribution in [2.75, 3.05) is 0 Å². The maximum absolute atomic E-state index is 13.6. The summed E-state index contributed by atoms with van der Waals surface area (Å²) in [5.41, 5.74) is 8.03. The molecule has 1 aliphatic rings. The molecule has 0 spiro atoms. The fourth-order valence-corrected chi connectivity index (χ4v) is 5.23. The van der Waals surface area contributed by atoms with Crippen LogP contribution in [0.2, 0.25) is 5.02 Å². The number of fused-ring (bicyclic) bond motifs is 3. The predicted molar refractivity (Wildman–Crippen MR) is 128 cm³/mol. The average Bonchev–Trinajstić information content (AvgIpc) is 3.21. The Kier molecular flexibility index (Phi) is 5.68. The van der Waals surface area contributed by atoms with Crippen LogP contribution in [0.25, 0.3) is 21.8 Å². The number of rotatable bonds is 4. The summed E-state index contributed by atoms with van der Waals surface area (Å²) in [7, 11) is 0. The van der Waals surface area contributed by atoms with Crippen molar-refractivity contribution in [3.63, 3.8) is 0 Å². The predicted octanol–water partition coefficient (Wildman–Crippen LogP) is 4.40. The van der Waals surface area contributed by atoms with Crippen molar-refractivity contribution >= 4 is 39.3 Å². The van der Waals surface area contributed by atoms with Gasteiger partial charge in [0.25, 0.3) is 5.56 Å². The Bertz CT molecular complexity index is 1400. The maximum Gasteiger partial charge on any atom is 0.264 e. The third kappa shape index (κ3) is 3.81. The number of nitrogens with zero attached hydrogens (tertiary/aromatic N) is 2. The third-order valence-electron chi connectivity index (χ3n) is 6.58. The van der Waals surface area contributed by atoms with E-state index in [0.29, 0.717) is 33.5 Å². The van der Waals surface area contributed by atoms with Crippen molar-refractivity contribution in [3.8, 4) is 0 Å². The lowest BCUT2D eigenvalue weighted by atomic mass is 9.89. The summed E-state index contributed by atoms with van der Waals surface area (Å²) < 4.78 is 7.16. The van der Waals surface area contributed by atoms with Crippen LogP contribution < -0.4 is 16.6 Å². The number of amides is 1. The van der Waals surface area contributed by atoms with Crippen molar-refractivity contribution in [3.05, 3.63) is 75.2 Å². The van der Waals surface area contributed by atoms with Gasteiger partial charge in [0.05, 0.1) is 10.5 Å². The highest BCUT2D eigenvalue weighted by molar-refractivity contribution is 6.37. The second-order valence-electron chi connectivity index (χ2n) is 8.69. The number of hydrogen-bond acceptors (Lipinski definition) is 5. The number of nitrogens with two attached hydrogens (primary N) is 1. The lowest BCUT2D eigenvalue weighted by Gasteiger charge is -2.32. The first kappa shape index (κ1) is 21.7. The highest BCUT2D eigenvalue weighted by atomic mass is 35.5. The van der Waals surface area contributed by atoms with Gasteiger partial charge in [-0.2, -0.15) is 0 Å². The Labute approximate surface area is 195 Å². The zero-order valence-corrected chi connectivity index (χ0v) is 19.0. The standard InChI is InChI=1S/C25H25ClN4O3/c1-14-20-23(29-33-14)21-18(26)11-6-12-19(21)30(25(20)32)17-10-5-9-16(13-17)28-24(31)22(27)15-7-3-2-4-8-15/h2-4,6-8,11-12,16-17,22H,5,9-10,13,27H2,1H3,(H,28,31). The number of pyridine rings is 1. The van der Waals surface area contributed by atoms with Gasteiger partial charge in [0.2, 0.25) is 5.91 Å². The molecule has 1 aliphatic carbocycles. The van der Waals surface area contributed by atoms with Crippen molar-refractivity contribution < 1.29 is 9.32 Å². The molecule has 3 atom stereocenters. The largest absolute Gasteiger partial charge is 0.360 e. The highest BCUT2D eigenvalue weighted by Gasteiger charge is 2.29. The topological polar surface area (TPSA) is 103 Å². The number of halogens is 1. The van der Waals surface area contributed by atoms with Gasteiger partial charge in [0.1, 0.15) is 22.7 Å². The van der Waals surface area contributed by atoms with Crippen molar-refractivity contribution in [2.45, 2.75) is 50.7 Å². The molecular weight excluding hydrogens is 440 g/mol. The van der Waals surface area contributed by atoms with Crippen molar-refractivity contribution in [1.29, 1.82) is 0 Å². The van der Waals surface area contributed by atoms with Gasteiger partial charge in [-0.3, -0.25) is 9.59 Å². The summed E-state index contributed by atoms with van der Waals surface area (Å²) >= 11 is 6.53. The molecule has 2 aromatic heterocycles. The molecule has 2 heterocycles. The molecule has 170 valence electrons. The van der Waals surface area contributed by atoms with E-state index in [9.17, 15) is 9.59 Å². The number of benzene rings is 2. The molecule has 0 aliphatic heterocycles. The molecule has 4 aromatic rings. The smallest absolute Gasteiger partial charge is 0.264 e. The Morgan fingerprint density at radius 1 is 1.18 bits per heavy atom. The van der Waals surface area contributed by atoms with Crippen LogP contribution in [0.1, 0.15) is 49.1 Å². The van der Waals surface area contributed by atoms with Crippen LogP contribution >= 0.6 is 11.6 Å². The number of nitrogens with one attached hydrogen (secondary N) is 1. The van der Waals surface area contributed by atoms with Crippen molar-refractivity contribution in [2.24, 2.45) is 5.73 Å². The summed E-state index contributed by atoms with van der Waals surface area (Å²) in [5, 5.41) is 8.90. The normalized spacial score (nSPS) is 19.6. The van der Waals surface area contributed by atoms with E-state index in [4.69, 9.17) is 21.9 Å². The van der Waals surface area contributed by atoms with E-state index in [1.54, 1.807) is 13.0 Å². The highest BCUT2D eigenvalue weighted by Crippen LogP contribution is 2.35. The van der Waals surface area contributed by atoms with Gasteiger partial charge in [-0.15, -0.1) is 0 Å². The second-order valence-corrected chi connectivity index (χ2v) is 9.09. The van der Waals surface area contributed by atoms with E-state index in [1.807, 2.05) is 47.0 Å². The van der Waals surface area contributed by atoms with Gasteiger partial charge in [0.15, 0.2) is 0 Å². The van der Waals surface area contributed by atoms with Crippen LogP contribution in [-0.4, -0.2) is 21.7 Å². The molecule has 33 heavy (non-hydrogen) atoms. The number of carbonyl (C=O) groups is 1. The average molecular weight is 465 g/mol. The minimum atomic E-state index is -0.732. The molecule has 0 bridgehead atoms. The molecule has 7 nitrogen and oxygen atoms in total. The summed E-state index contributed by atoms with van der Waals surface area (Å²) in [5.74, 6) is 0.262. The Morgan fingerprint density at radius 3 is 2.76 bits per heavy atom. The van der Waals surface area contributed by atoms with E-state index in [0.717, 1.165) is 30.3 Å². The molecule has 1 saturated carbocycles. The Morgan fingerprint density at radius 2 is 1.97 bits per heavy atom. The molecule has 1 fully saturated rings. The SMILES string of the molecule is Cc1onc2c1c(=O)n(C1CCCC(NC(=O)C(N)c3ccccc3)C1)c1cccc(Cl)c21. The van der Waals surface area contributed by atoms with Gasteiger partial charge in [-0.25, -0.2) is 0 Å². The van der Waals surface area contributed by atoms with Crippen LogP contribution in [0.4, 0.5) is 0 Å². The lowest BCUT2D eigenvalue weighted by Crippen LogP contribution is -2.44. The third-order valence-corrected chi connectivity index (χ3v) is 6.90. The monoisotopic (exact) mass is 464 g/mol. The van der Waals surface area contributed by atoms with E-state index in [-0.39, 0.29) is 23.6 Å². The van der Waals surface area contributed by atoms with Gasteiger partial charge < -0.3 is 20.1 Å². The van der Waals surface area contributed by atoms with Crippen molar-refractivity contribution in [1.82, 2.24) is 15.0 Å². The van der Waals surface area contributed by atoms with Gasteiger partial charge in [0, 0.05) is 17.5 Å². The lowest BCUT2D eigenvalue weighted by molar-refractivity contribution is -0.123.